The van der Waals surface area contributed by atoms with Crippen LogP contribution in [-0.2, 0) is 14.3 Å². The van der Waals surface area contributed by atoms with Gasteiger partial charge in [-0.25, -0.2) is 4.79 Å². The molecule has 2 amide bonds. The van der Waals surface area contributed by atoms with Gasteiger partial charge in [0.1, 0.15) is 6.04 Å². The molecular weight excluding hydrogens is 368 g/mol. The molecule has 1 fully saturated rings. The van der Waals surface area contributed by atoms with E-state index in [-0.39, 0.29) is 17.9 Å². The van der Waals surface area contributed by atoms with Gasteiger partial charge in [-0.15, -0.1) is 0 Å². The van der Waals surface area contributed by atoms with Crippen LogP contribution in [0, 0.1) is 0 Å². The van der Waals surface area contributed by atoms with E-state index in [9.17, 15) is 14.4 Å². The number of carbonyl (C=O) groups is 3. The first-order valence-corrected chi connectivity index (χ1v) is 10.7. The van der Waals surface area contributed by atoms with Crippen LogP contribution in [0.1, 0.15) is 81.1 Å². The van der Waals surface area contributed by atoms with E-state index in [1.807, 2.05) is 29.2 Å². The molecule has 1 saturated carbocycles. The number of esters is 1. The van der Waals surface area contributed by atoms with Crippen molar-refractivity contribution in [3.8, 4) is 0 Å². The van der Waals surface area contributed by atoms with E-state index < -0.39 is 23.5 Å². The quantitative estimate of drug-likeness (QED) is 0.769. The minimum absolute atomic E-state index is 0.0157. The predicted molar refractivity (Wildman–Crippen MR) is 111 cm³/mol. The summed E-state index contributed by atoms with van der Waals surface area (Å²) >= 11 is 0. The minimum Gasteiger partial charge on any atom is -0.467 e. The van der Waals surface area contributed by atoms with E-state index >= 15 is 0 Å². The van der Waals surface area contributed by atoms with Gasteiger partial charge in [0.15, 0.2) is 0 Å². The fourth-order valence-corrected chi connectivity index (χ4v) is 5.14. The third-order valence-corrected chi connectivity index (χ3v) is 6.66. The van der Waals surface area contributed by atoms with E-state index in [0.717, 1.165) is 44.1 Å². The number of nitrogens with one attached hydrogen (secondary N) is 1. The summed E-state index contributed by atoms with van der Waals surface area (Å²) in [5, 5.41) is 2.85. The molecule has 158 valence electrons. The number of amides is 2. The van der Waals surface area contributed by atoms with Crippen molar-refractivity contribution in [2.45, 2.75) is 82.8 Å². The summed E-state index contributed by atoms with van der Waals surface area (Å²) < 4.78 is 4.78. The molecule has 1 spiro atoms. The predicted octanol–water partition coefficient (Wildman–Crippen LogP) is 3.41. The Bertz CT molecular complexity index is 785. The summed E-state index contributed by atoms with van der Waals surface area (Å²) in [6, 6.07) is 6.72. The molecule has 0 bridgehead atoms. The lowest BCUT2D eigenvalue weighted by Crippen LogP contribution is -2.65. The molecule has 1 aromatic carbocycles. The number of rotatable bonds is 5. The highest BCUT2D eigenvalue weighted by Crippen LogP contribution is 2.50. The Morgan fingerprint density at radius 1 is 1.21 bits per heavy atom. The molecule has 3 atom stereocenters. The number of methoxy groups -OCH3 is 1. The van der Waals surface area contributed by atoms with E-state index in [2.05, 4.69) is 19.2 Å². The number of ether oxygens (including phenoxy) is 1. The van der Waals surface area contributed by atoms with Crippen LogP contribution < -0.4 is 5.32 Å². The molecule has 6 heteroatoms. The van der Waals surface area contributed by atoms with Gasteiger partial charge in [0, 0.05) is 11.6 Å². The van der Waals surface area contributed by atoms with Crippen molar-refractivity contribution in [3.05, 3.63) is 35.4 Å². The molecule has 0 unspecified atom stereocenters. The van der Waals surface area contributed by atoms with Crippen LogP contribution in [0.3, 0.4) is 0 Å². The number of hydrogen-bond acceptors (Lipinski definition) is 4. The van der Waals surface area contributed by atoms with E-state index in [0.29, 0.717) is 5.56 Å². The van der Waals surface area contributed by atoms with Crippen molar-refractivity contribution in [2.24, 2.45) is 0 Å². The van der Waals surface area contributed by atoms with Crippen molar-refractivity contribution in [3.63, 3.8) is 0 Å². The van der Waals surface area contributed by atoms with Crippen LogP contribution in [0.5, 0.6) is 0 Å². The summed E-state index contributed by atoms with van der Waals surface area (Å²) in [5.41, 5.74) is 0.808. The van der Waals surface area contributed by atoms with Crippen LogP contribution >= 0.6 is 0 Å². The zero-order valence-corrected chi connectivity index (χ0v) is 17.9. The topological polar surface area (TPSA) is 75.7 Å². The van der Waals surface area contributed by atoms with Crippen molar-refractivity contribution >= 4 is 17.8 Å². The van der Waals surface area contributed by atoms with Gasteiger partial charge >= 0.3 is 5.97 Å². The second-order valence-corrected chi connectivity index (χ2v) is 8.37. The van der Waals surface area contributed by atoms with E-state index in [1.165, 1.54) is 7.11 Å². The Morgan fingerprint density at radius 2 is 1.86 bits per heavy atom. The molecule has 1 aromatic rings. The molecular formula is C23H32N2O4. The molecule has 1 N–H and O–H groups in total. The Morgan fingerprint density at radius 3 is 2.48 bits per heavy atom. The van der Waals surface area contributed by atoms with Crippen LogP contribution in [0.2, 0.25) is 0 Å². The lowest BCUT2D eigenvalue weighted by molar-refractivity contribution is -0.145. The standard InChI is InChI=1S/C23H32N2O4/c1-5-15(2)25-21(27)18-12-8-7-11-17(18)19(23(25)13-9-6-10-14-23)20(26)24-16(3)22(28)29-4/h7-8,11-12,15-16,19H,5-6,9-10,13-14H2,1-4H3,(H,24,26)/t15-,16+,19+/m1/s1. The third-order valence-electron chi connectivity index (χ3n) is 6.66. The highest BCUT2D eigenvalue weighted by molar-refractivity contribution is 6.02. The molecule has 0 aromatic heterocycles. The maximum Gasteiger partial charge on any atom is 0.328 e. The summed E-state index contributed by atoms with van der Waals surface area (Å²) in [4.78, 5) is 41.0. The summed E-state index contributed by atoms with van der Waals surface area (Å²) in [7, 11) is 1.31. The van der Waals surface area contributed by atoms with Crippen LogP contribution in [0.25, 0.3) is 0 Å². The van der Waals surface area contributed by atoms with Crippen molar-refractivity contribution in [2.75, 3.05) is 7.11 Å². The number of hydrogen-bond donors (Lipinski definition) is 1. The lowest BCUT2D eigenvalue weighted by atomic mass is 9.64. The Labute approximate surface area is 173 Å². The number of benzene rings is 1. The number of fused-ring (bicyclic) bond motifs is 1. The summed E-state index contributed by atoms with van der Waals surface area (Å²) in [5.74, 6) is -1.17. The number of nitrogens with zero attached hydrogens (tertiary/aromatic N) is 1. The maximum atomic E-state index is 13.6. The molecule has 1 aliphatic carbocycles. The Balaban J connectivity index is 2.13. The molecule has 3 rings (SSSR count). The Hall–Kier alpha value is -2.37. The Kier molecular flexibility index (Phi) is 6.30. The largest absolute Gasteiger partial charge is 0.467 e. The minimum atomic E-state index is -0.741. The fraction of sp³-hybridized carbons (Fsp3) is 0.609. The molecule has 6 nitrogen and oxygen atoms in total. The fourth-order valence-electron chi connectivity index (χ4n) is 5.14. The zero-order chi connectivity index (χ0) is 21.2. The van der Waals surface area contributed by atoms with Gasteiger partial charge in [-0.2, -0.15) is 0 Å². The van der Waals surface area contributed by atoms with Gasteiger partial charge in [-0.1, -0.05) is 44.4 Å². The van der Waals surface area contributed by atoms with Gasteiger partial charge in [0.05, 0.1) is 18.6 Å². The average Bonchev–Trinajstić information content (AvgIpc) is 2.73. The first-order chi connectivity index (χ1) is 13.9. The SMILES string of the molecule is CC[C@@H](C)N1C(=O)c2ccccc2[C@@H](C(=O)N[C@@H](C)C(=O)OC)C12CCCCC2. The maximum absolute atomic E-state index is 13.6. The second-order valence-electron chi connectivity index (χ2n) is 8.37. The first kappa shape index (κ1) is 21.3. The van der Waals surface area contributed by atoms with Crippen molar-refractivity contribution < 1.29 is 19.1 Å². The van der Waals surface area contributed by atoms with Gasteiger partial charge in [-0.3, -0.25) is 9.59 Å². The third kappa shape index (κ3) is 3.65. The van der Waals surface area contributed by atoms with Gasteiger partial charge in [0.2, 0.25) is 5.91 Å². The van der Waals surface area contributed by atoms with Gasteiger partial charge in [0.25, 0.3) is 5.91 Å². The van der Waals surface area contributed by atoms with Crippen LogP contribution in [0.15, 0.2) is 24.3 Å². The highest BCUT2D eigenvalue weighted by atomic mass is 16.5. The van der Waals surface area contributed by atoms with E-state index in [1.54, 1.807) is 6.92 Å². The van der Waals surface area contributed by atoms with E-state index in [4.69, 9.17) is 4.74 Å². The first-order valence-electron chi connectivity index (χ1n) is 10.7. The number of carbonyl (C=O) groups excluding carboxylic acids is 3. The summed E-state index contributed by atoms with van der Waals surface area (Å²) in [6.45, 7) is 5.77. The summed E-state index contributed by atoms with van der Waals surface area (Å²) in [6.07, 6.45) is 5.49. The molecule has 2 aliphatic rings. The molecule has 1 heterocycles. The highest BCUT2D eigenvalue weighted by Gasteiger charge is 2.55. The average molecular weight is 401 g/mol. The van der Waals surface area contributed by atoms with Crippen molar-refractivity contribution in [1.82, 2.24) is 10.2 Å². The second kappa shape index (κ2) is 8.56. The van der Waals surface area contributed by atoms with Crippen LogP contribution in [0.4, 0.5) is 0 Å². The van der Waals surface area contributed by atoms with Crippen LogP contribution in [-0.4, -0.2) is 47.4 Å². The molecule has 0 radical (unpaired) electrons. The van der Waals surface area contributed by atoms with Gasteiger partial charge < -0.3 is 15.0 Å². The van der Waals surface area contributed by atoms with Crippen molar-refractivity contribution in [1.29, 1.82) is 0 Å². The molecule has 1 aliphatic heterocycles. The molecule has 0 saturated heterocycles. The molecule has 29 heavy (non-hydrogen) atoms. The normalized spacial score (nSPS) is 22.6. The van der Waals surface area contributed by atoms with Gasteiger partial charge in [-0.05, 0) is 44.7 Å². The monoisotopic (exact) mass is 400 g/mol. The lowest BCUT2D eigenvalue weighted by Gasteiger charge is -2.55. The smallest absolute Gasteiger partial charge is 0.328 e. The zero-order valence-electron chi connectivity index (χ0n) is 17.9.